The van der Waals surface area contributed by atoms with E-state index < -0.39 is 10.8 Å². The number of nitrogens with one attached hydrogen (secondary N) is 1. The van der Waals surface area contributed by atoms with Crippen LogP contribution in [0.4, 0.5) is 11.4 Å². The number of nitrogens with two attached hydrogens (primary N) is 1. The predicted molar refractivity (Wildman–Crippen MR) is 74.0 cm³/mol. The molecule has 0 heterocycles. The van der Waals surface area contributed by atoms with Gasteiger partial charge >= 0.3 is 0 Å². The van der Waals surface area contributed by atoms with Gasteiger partial charge in [0.05, 0.1) is 18.0 Å². The highest BCUT2D eigenvalue weighted by Crippen LogP contribution is 2.29. The highest BCUT2D eigenvalue weighted by atomic mass is 32.2. The first-order chi connectivity index (χ1) is 8.04. The van der Waals surface area contributed by atoms with Gasteiger partial charge in [-0.15, -0.1) is 0 Å². The summed E-state index contributed by atoms with van der Waals surface area (Å²) >= 11 is 0. The zero-order valence-corrected chi connectivity index (χ0v) is 11.3. The van der Waals surface area contributed by atoms with Crippen LogP contribution in [-0.4, -0.2) is 28.9 Å². The van der Waals surface area contributed by atoms with E-state index in [0.29, 0.717) is 23.8 Å². The molecule has 0 aliphatic carbocycles. The second kappa shape index (κ2) is 6.49. The van der Waals surface area contributed by atoms with E-state index in [4.69, 9.17) is 10.5 Å². The normalized spacial score (nSPS) is 14.1. The first-order valence-corrected chi connectivity index (χ1v) is 7.35. The van der Waals surface area contributed by atoms with Crippen LogP contribution < -0.4 is 15.8 Å². The van der Waals surface area contributed by atoms with Crippen molar-refractivity contribution in [2.75, 3.05) is 29.7 Å². The number of ether oxygens (including phenoxy) is 1. The van der Waals surface area contributed by atoms with Crippen LogP contribution in [0.25, 0.3) is 0 Å². The molecule has 0 amide bonds. The zero-order valence-electron chi connectivity index (χ0n) is 10.5. The van der Waals surface area contributed by atoms with Crippen LogP contribution in [0, 0.1) is 0 Å². The highest BCUT2D eigenvalue weighted by molar-refractivity contribution is 7.84. The Morgan fingerprint density at radius 2 is 2.24 bits per heavy atom. The fraction of sp³-hybridized carbons (Fsp3) is 0.500. The van der Waals surface area contributed by atoms with Gasteiger partial charge < -0.3 is 15.8 Å². The van der Waals surface area contributed by atoms with E-state index in [1.54, 1.807) is 6.26 Å². The minimum Gasteiger partial charge on any atom is -0.492 e. The minimum absolute atomic E-state index is 0.111. The lowest BCUT2D eigenvalue weighted by molar-refractivity contribution is 0.342. The molecule has 2 unspecified atom stereocenters. The molecule has 1 rings (SSSR count). The summed E-state index contributed by atoms with van der Waals surface area (Å²) in [5.41, 5.74) is 7.41. The SMILES string of the molecule is CCOc1cccc(NC(C)CS(C)=O)c1N. The summed E-state index contributed by atoms with van der Waals surface area (Å²) in [5, 5.41) is 3.24. The fourth-order valence-electron chi connectivity index (χ4n) is 1.61. The summed E-state index contributed by atoms with van der Waals surface area (Å²) in [5.74, 6) is 1.28. The maximum absolute atomic E-state index is 11.1. The third kappa shape index (κ3) is 4.26. The van der Waals surface area contributed by atoms with E-state index in [1.165, 1.54) is 0 Å². The van der Waals surface area contributed by atoms with Crippen LogP contribution in [0.5, 0.6) is 5.75 Å². The summed E-state index contributed by atoms with van der Waals surface area (Å²) in [7, 11) is -0.819. The van der Waals surface area contributed by atoms with Crippen molar-refractivity contribution in [3.05, 3.63) is 18.2 Å². The number of hydrogen-bond acceptors (Lipinski definition) is 4. The molecule has 17 heavy (non-hydrogen) atoms. The summed E-state index contributed by atoms with van der Waals surface area (Å²) in [6.45, 7) is 4.48. The van der Waals surface area contributed by atoms with Crippen LogP contribution in [0.2, 0.25) is 0 Å². The molecule has 1 aromatic carbocycles. The first kappa shape index (κ1) is 13.8. The molecule has 0 aliphatic heterocycles. The second-order valence-corrected chi connectivity index (χ2v) is 5.42. The Hall–Kier alpha value is -1.23. The largest absolute Gasteiger partial charge is 0.492 e. The first-order valence-electron chi connectivity index (χ1n) is 5.62. The Labute approximate surface area is 105 Å². The number of hydrogen-bond donors (Lipinski definition) is 2. The van der Waals surface area contributed by atoms with E-state index >= 15 is 0 Å². The van der Waals surface area contributed by atoms with Gasteiger partial charge in [-0.3, -0.25) is 4.21 Å². The van der Waals surface area contributed by atoms with Gasteiger partial charge in [0.2, 0.25) is 0 Å². The standard InChI is InChI=1S/C12H20N2O2S/c1-4-16-11-7-5-6-10(12(11)13)14-9(2)8-17(3)15/h5-7,9,14H,4,8,13H2,1-3H3. The highest BCUT2D eigenvalue weighted by Gasteiger charge is 2.09. The van der Waals surface area contributed by atoms with E-state index in [9.17, 15) is 4.21 Å². The average Bonchev–Trinajstić information content (AvgIpc) is 2.23. The van der Waals surface area contributed by atoms with Crippen molar-refractivity contribution >= 4 is 22.2 Å². The maximum Gasteiger partial charge on any atom is 0.144 e. The lowest BCUT2D eigenvalue weighted by atomic mass is 10.2. The number of para-hydroxylation sites is 1. The number of rotatable bonds is 6. The molecule has 0 bridgehead atoms. The molecular weight excluding hydrogens is 236 g/mol. The Morgan fingerprint density at radius 3 is 2.82 bits per heavy atom. The van der Waals surface area contributed by atoms with Crippen molar-refractivity contribution in [2.45, 2.75) is 19.9 Å². The monoisotopic (exact) mass is 256 g/mol. The average molecular weight is 256 g/mol. The van der Waals surface area contributed by atoms with Crippen LogP contribution in [0.1, 0.15) is 13.8 Å². The quantitative estimate of drug-likeness (QED) is 0.762. The topological polar surface area (TPSA) is 64.3 Å². The van der Waals surface area contributed by atoms with E-state index in [1.807, 2.05) is 32.0 Å². The molecule has 0 fully saturated rings. The van der Waals surface area contributed by atoms with Crippen molar-refractivity contribution < 1.29 is 8.95 Å². The molecule has 4 nitrogen and oxygen atoms in total. The van der Waals surface area contributed by atoms with Gasteiger partial charge in [-0.2, -0.15) is 0 Å². The molecule has 0 spiro atoms. The lowest BCUT2D eigenvalue weighted by Crippen LogP contribution is -2.22. The van der Waals surface area contributed by atoms with Gasteiger partial charge in [-0.05, 0) is 26.0 Å². The molecule has 0 saturated heterocycles. The van der Waals surface area contributed by atoms with Gasteiger partial charge in [0, 0.05) is 28.9 Å². The van der Waals surface area contributed by atoms with E-state index in [-0.39, 0.29) is 6.04 Å². The summed E-state index contributed by atoms with van der Waals surface area (Å²) in [6, 6.07) is 5.74. The third-order valence-corrected chi connectivity index (χ3v) is 3.22. The van der Waals surface area contributed by atoms with Gasteiger partial charge in [-0.1, -0.05) is 6.07 Å². The van der Waals surface area contributed by atoms with Crippen LogP contribution in [0.3, 0.4) is 0 Å². The number of anilines is 2. The maximum atomic E-state index is 11.1. The Balaban J connectivity index is 2.77. The molecule has 5 heteroatoms. The molecule has 2 atom stereocenters. The second-order valence-electron chi connectivity index (χ2n) is 3.94. The van der Waals surface area contributed by atoms with Crippen LogP contribution in [-0.2, 0) is 10.8 Å². The molecule has 0 radical (unpaired) electrons. The molecule has 0 saturated carbocycles. The molecule has 3 N–H and O–H groups in total. The Bertz CT molecular complexity index is 396. The molecular formula is C12H20N2O2S. The van der Waals surface area contributed by atoms with Gasteiger partial charge in [0.25, 0.3) is 0 Å². The fourth-order valence-corrected chi connectivity index (χ4v) is 2.40. The van der Waals surface area contributed by atoms with Crippen molar-refractivity contribution in [3.63, 3.8) is 0 Å². The van der Waals surface area contributed by atoms with Crippen molar-refractivity contribution in [3.8, 4) is 5.75 Å². The molecule has 0 aromatic heterocycles. The Kier molecular flexibility index (Phi) is 5.28. The smallest absolute Gasteiger partial charge is 0.144 e. The number of benzene rings is 1. The van der Waals surface area contributed by atoms with Crippen molar-refractivity contribution in [1.82, 2.24) is 0 Å². The zero-order chi connectivity index (χ0) is 12.8. The molecule has 0 aliphatic rings. The summed E-state index contributed by atoms with van der Waals surface area (Å²) < 4.78 is 16.5. The van der Waals surface area contributed by atoms with Crippen LogP contribution >= 0.6 is 0 Å². The third-order valence-electron chi connectivity index (χ3n) is 2.25. The van der Waals surface area contributed by atoms with Crippen molar-refractivity contribution in [2.24, 2.45) is 0 Å². The molecule has 1 aromatic rings. The van der Waals surface area contributed by atoms with Gasteiger partial charge in [-0.25, -0.2) is 0 Å². The van der Waals surface area contributed by atoms with Gasteiger partial charge in [0.1, 0.15) is 5.75 Å². The summed E-state index contributed by atoms with van der Waals surface area (Å²) in [6.07, 6.45) is 1.69. The van der Waals surface area contributed by atoms with E-state index in [2.05, 4.69) is 5.32 Å². The predicted octanol–water partition coefficient (Wildman–Crippen LogP) is 1.85. The molecule has 96 valence electrons. The number of nitrogen functional groups attached to an aromatic ring is 1. The minimum atomic E-state index is -0.819. The van der Waals surface area contributed by atoms with Crippen LogP contribution in [0.15, 0.2) is 18.2 Å². The Morgan fingerprint density at radius 1 is 1.53 bits per heavy atom. The van der Waals surface area contributed by atoms with Gasteiger partial charge in [0.15, 0.2) is 0 Å². The van der Waals surface area contributed by atoms with E-state index in [0.717, 1.165) is 5.69 Å². The van der Waals surface area contributed by atoms with Crippen molar-refractivity contribution in [1.29, 1.82) is 0 Å². The lowest BCUT2D eigenvalue weighted by Gasteiger charge is -2.17. The summed E-state index contributed by atoms with van der Waals surface area (Å²) in [4.78, 5) is 0.